The van der Waals surface area contributed by atoms with Crippen molar-refractivity contribution in [2.75, 3.05) is 11.8 Å². The van der Waals surface area contributed by atoms with E-state index in [1.165, 1.54) is 20.1 Å². The molecule has 0 unspecified atom stereocenters. The van der Waals surface area contributed by atoms with E-state index < -0.39 is 10.0 Å². The fraction of sp³-hybridized carbons (Fsp3) is 0.167. The summed E-state index contributed by atoms with van der Waals surface area (Å²) < 4.78 is 33.0. The predicted molar refractivity (Wildman–Crippen MR) is 96.8 cm³/mol. The molecule has 0 saturated carbocycles. The van der Waals surface area contributed by atoms with Crippen molar-refractivity contribution in [2.45, 2.75) is 18.7 Å². The number of carbonyl (C=O) groups excluding carboxylic acids is 1. The summed E-state index contributed by atoms with van der Waals surface area (Å²) in [7, 11) is -2.40. The Morgan fingerprint density at radius 1 is 1.16 bits per heavy atom. The number of aryl methyl sites for hydroxylation is 1. The van der Waals surface area contributed by atoms with Gasteiger partial charge in [0.25, 0.3) is 10.0 Å². The maximum Gasteiger partial charge on any atom is 0.265 e. The van der Waals surface area contributed by atoms with Gasteiger partial charge in [0.2, 0.25) is 0 Å². The highest BCUT2D eigenvalue weighted by Gasteiger charge is 2.20. The number of fused-ring (bicyclic) bond motifs is 1. The van der Waals surface area contributed by atoms with E-state index in [4.69, 9.17) is 4.74 Å². The van der Waals surface area contributed by atoms with E-state index in [0.29, 0.717) is 16.6 Å². The van der Waals surface area contributed by atoms with Crippen molar-refractivity contribution in [2.24, 2.45) is 0 Å². The van der Waals surface area contributed by atoms with Gasteiger partial charge in [-0.15, -0.1) is 0 Å². The van der Waals surface area contributed by atoms with Gasteiger partial charge in [-0.1, -0.05) is 12.1 Å². The van der Waals surface area contributed by atoms with Crippen LogP contribution in [0.1, 0.15) is 23.0 Å². The van der Waals surface area contributed by atoms with Crippen LogP contribution in [0.4, 0.5) is 5.69 Å². The Bertz CT molecular complexity index is 1070. The number of hydrogen-bond acceptors (Lipinski definition) is 4. The zero-order valence-electron chi connectivity index (χ0n) is 14.1. The molecule has 3 aromatic rings. The molecule has 0 amide bonds. The Morgan fingerprint density at radius 2 is 1.88 bits per heavy atom. The standard InChI is InChI=1S/C18H18N2O4S/c1-11-18(12(2)21)14-10-13(8-9-15(14)19-11)20-25(22,23)17-7-5-4-6-16(17)24-3/h4-10,19-20H,1-3H3. The van der Waals surface area contributed by atoms with Crippen LogP contribution in [0.3, 0.4) is 0 Å². The van der Waals surface area contributed by atoms with Crippen LogP contribution >= 0.6 is 0 Å². The molecule has 6 nitrogen and oxygen atoms in total. The smallest absolute Gasteiger partial charge is 0.265 e. The second-order valence-electron chi connectivity index (χ2n) is 5.70. The molecule has 1 heterocycles. The van der Waals surface area contributed by atoms with Crippen molar-refractivity contribution in [3.8, 4) is 5.75 Å². The fourth-order valence-electron chi connectivity index (χ4n) is 2.89. The van der Waals surface area contributed by atoms with E-state index in [1.807, 2.05) is 6.92 Å². The Kier molecular flexibility index (Phi) is 4.26. The molecule has 0 fully saturated rings. The molecule has 2 N–H and O–H groups in total. The van der Waals surface area contributed by atoms with Crippen LogP contribution in [-0.2, 0) is 10.0 Å². The molecule has 1 aromatic heterocycles. The van der Waals surface area contributed by atoms with Crippen LogP contribution in [0.2, 0.25) is 0 Å². The van der Waals surface area contributed by atoms with E-state index in [1.54, 1.807) is 36.4 Å². The highest BCUT2D eigenvalue weighted by Crippen LogP contribution is 2.29. The molecular formula is C18H18N2O4S. The lowest BCUT2D eigenvalue weighted by atomic mass is 10.1. The number of aromatic amines is 1. The number of nitrogens with one attached hydrogen (secondary N) is 2. The van der Waals surface area contributed by atoms with Gasteiger partial charge in [0.05, 0.1) is 7.11 Å². The topological polar surface area (TPSA) is 88.3 Å². The molecular weight excluding hydrogens is 340 g/mol. The second kappa shape index (κ2) is 6.25. The van der Waals surface area contributed by atoms with Crippen molar-refractivity contribution in [1.82, 2.24) is 4.98 Å². The number of ether oxygens (including phenoxy) is 1. The van der Waals surface area contributed by atoms with Crippen LogP contribution in [0.25, 0.3) is 10.9 Å². The Balaban J connectivity index is 2.05. The number of carbonyl (C=O) groups is 1. The van der Waals surface area contributed by atoms with Crippen molar-refractivity contribution in [3.63, 3.8) is 0 Å². The van der Waals surface area contributed by atoms with Gasteiger partial charge in [-0.2, -0.15) is 0 Å². The summed E-state index contributed by atoms with van der Waals surface area (Å²) in [5.41, 5.74) is 2.48. The van der Waals surface area contributed by atoms with Gasteiger partial charge in [0.1, 0.15) is 10.6 Å². The number of rotatable bonds is 5. The number of Topliss-reactive ketones (excluding diaryl/α,β-unsaturated/α-hetero) is 1. The lowest BCUT2D eigenvalue weighted by Crippen LogP contribution is -2.14. The first kappa shape index (κ1) is 17.0. The molecule has 2 aromatic carbocycles. The third kappa shape index (κ3) is 3.10. The summed E-state index contributed by atoms with van der Waals surface area (Å²) in [4.78, 5) is 15.0. The number of methoxy groups -OCH3 is 1. The third-order valence-corrected chi connectivity index (χ3v) is 5.37. The van der Waals surface area contributed by atoms with Crippen molar-refractivity contribution >= 4 is 32.4 Å². The van der Waals surface area contributed by atoms with E-state index >= 15 is 0 Å². The Morgan fingerprint density at radius 3 is 2.56 bits per heavy atom. The average Bonchev–Trinajstić information content (AvgIpc) is 2.89. The summed E-state index contributed by atoms with van der Waals surface area (Å²) in [6.45, 7) is 3.30. The first-order valence-electron chi connectivity index (χ1n) is 7.62. The SMILES string of the molecule is COc1ccccc1S(=O)(=O)Nc1ccc2[nH]c(C)c(C(C)=O)c2c1. The molecule has 25 heavy (non-hydrogen) atoms. The van der Waals surface area contributed by atoms with Gasteiger partial charge >= 0.3 is 0 Å². The van der Waals surface area contributed by atoms with Gasteiger partial charge in [-0.05, 0) is 44.2 Å². The van der Waals surface area contributed by atoms with E-state index in [-0.39, 0.29) is 16.4 Å². The summed E-state index contributed by atoms with van der Waals surface area (Å²) >= 11 is 0. The van der Waals surface area contributed by atoms with Gasteiger partial charge < -0.3 is 9.72 Å². The number of benzene rings is 2. The number of H-pyrrole nitrogens is 1. The van der Waals surface area contributed by atoms with Gasteiger partial charge in [0, 0.05) is 27.8 Å². The van der Waals surface area contributed by atoms with Crippen molar-refractivity contribution < 1.29 is 17.9 Å². The summed E-state index contributed by atoms with van der Waals surface area (Å²) in [5, 5.41) is 0.685. The molecule has 0 spiro atoms. The normalized spacial score (nSPS) is 11.5. The minimum absolute atomic E-state index is 0.0506. The highest BCUT2D eigenvalue weighted by atomic mass is 32.2. The maximum atomic E-state index is 12.7. The highest BCUT2D eigenvalue weighted by molar-refractivity contribution is 7.92. The second-order valence-corrected chi connectivity index (χ2v) is 7.35. The maximum absolute atomic E-state index is 12.7. The monoisotopic (exact) mass is 358 g/mol. The van der Waals surface area contributed by atoms with Gasteiger partial charge in [0.15, 0.2) is 5.78 Å². The van der Waals surface area contributed by atoms with E-state index in [2.05, 4.69) is 9.71 Å². The third-order valence-electron chi connectivity index (χ3n) is 3.95. The van der Waals surface area contributed by atoms with Gasteiger partial charge in [-0.25, -0.2) is 8.42 Å². The lowest BCUT2D eigenvalue weighted by Gasteiger charge is -2.11. The van der Waals surface area contributed by atoms with Crippen LogP contribution in [-0.4, -0.2) is 26.3 Å². The van der Waals surface area contributed by atoms with Crippen LogP contribution in [0, 0.1) is 6.92 Å². The number of sulfonamides is 1. The van der Waals surface area contributed by atoms with Crippen LogP contribution in [0.5, 0.6) is 5.75 Å². The van der Waals surface area contributed by atoms with Crippen molar-refractivity contribution in [3.05, 3.63) is 53.7 Å². The summed E-state index contributed by atoms with van der Waals surface area (Å²) in [5.74, 6) is 0.187. The number of aromatic nitrogens is 1. The van der Waals surface area contributed by atoms with E-state index in [9.17, 15) is 13.2 Å². The molecule has 0 aliphatic rings. The first-order valence-corrected chi connectivity index (χ1v) is 9.11. The molecule has 0 saturated heterocycles. The number of para-hydroxylation sites is 1. The first-order chi connectivity index (χ1) is 11.8. The molecule has 0 bridgehead atoms. The Labute approximate surface area is 145 Å². The molecule has 0 aliphatic carbocycles. The molecule has 130 valence electrons. The summed E-state index contributed by atoms with van der Waals surface area (Å²) in [6.07, 6.45) is 0. The predicted octanol–water partition coefficient (Wildman–Crippen LogP) is 3.49. The minimum Gasteiger partial charge on any atom is -0.495 e. The van der Waals surface area contributed by atoms with Crippen molar-refractivity contribution in [1.29, 1.82) is 0 Å². The zero-order chi connectivity index (χ0) is 18.2. The lowest BCUT2D eigenvalue weighted by molar-refractivity contribution is 0.101. The number of ketones is 1. The quantitative estimate of drug-likeness (QED) is 0.683. The van der Waals surface area contributed by atoms with E-state index in [0.717, 1.165) is 11.2 Å². The molecule has 0 radical (unpaired) electrons. The van der Waals surface area contributed by atoms with Crippen LogP contribution in [0.15, 0.2) is 47.4 Å². The molecule has 7 heteroatoms. The molecule has 3 rings (SSSR count). The zero-order valence-corrected chi connectivity index (χ0v) is 14.9. The Hall–Kier alpha value is -2.80. The molecule has 0 atom stereocenters. The number of hydrogen-bond donors (Lipinski definition) is 2. The minimum atomic E-state index is -3.82. The number of anilines is 1. The largest absolute Gasteiger partial charge is 0.495 e. The summed E-state index contributed by atoms with van der Waals surface area (Å²) in [6, 6.07) is 11.4. The fourth-order valence-corrected chi connectivity index (χ4v) is 4.12. The molecule has 0 aliphatic heterocycles. The average molecular weight is 358 g/mol. The van der Waals surface area contributed by atoms with Crippen LogP contribution < -0.4 is 9.46 Å². The van der Waals surface area contributed by atoms with Gasteiger partial charge in [-0.3, -0.25) is 9.52 Å².